The van der Waals surface area contributed by atoms with Crippen LogP contribution in [0.4, 0.5) is 18.0 Å². The molecule has 0 N–H and O–H groups in total. The minimum Gasteiger partial charge on any atom is -0.465 e. The van der Waals surface area contributed by atoms with Crippen LogP contribution >= 0.6 is 0 Å². The lowest BCUT2D eigenvalue weighted by Crippen LogP contribution is -2.56. The zero-order chi connectivity index (χ0) is 23.3. The van der Waals surface area contributed by atoms with Crippen LogP contribution < -0.4 is 0 Å². The highest BCUT2D eigenvalue weighted by atomic mass is 19.4. The summed E-state index contributed by atoms with van der Waals surface area (Å²) < 4.78 is 49.3. The van der Waals surface area contributed by atoms with Crippen molar-refractivity contribution in [2.24, 2.45) is 5.41 Å². The van der Waals surface area contributed by atoms with Gasteiger partial charge in [0.25, 0.3) is 0 Å². The normalized spacial score (nSPS) is 18.0. The van der Waals surface area contributed by atoms with Crippen LogP contribution in [0.15, 0.2) is 0 Å². The number of alkyl halides is 3. The first-order chi connectivity index (χ1) is 13.6. The molecule has 1 unspecified atom stereocenters. The Kier molecular flexibility index (Phi) is 8.57. The van der Waals surface area contributed by atoms with E-state index in [1.54, 1.807) is 27.7 Å². The van der Waals surface area contributed by atoms with Crippen LogP contribution in [0.25, 0.3) is 0 Å². The van der Waals surface area contributed by atoms with E-state index in [9.17, 15) is 27.6 Å². The zero-order valence-electron chi connectivity index (χ0n) is 18.6. The molecule has 1 rings (SSSR count). The van der Waals surface area contributed by atoms with Gasteiger partial charge in [0.05, 0.1) is 24.5 Å². The number of hydrogen-bond donors (Lipinski definition) is 0. The number of amides is 2. The third-order valence-electron chi connectivity index (χ3n) is 4.58. The zero-order valence-corrected chi connectivity index (χ0v) is 18.6. The summed E-state index contributed by atoms with van der Waals surface area (Å²) in [7, 11) is 0. The van der Waals surface area contributed by atoms with Gasteiger partial charge in [-0.05, 0) is 40.5 Å². The number of likely N-dealkylation sites (tertiary alicyclic amines) is 1. The maximum Gasteiger partial charge on any atom is 0.410 e. The van der Waals surface area contributed by atoms with Crippen molar-refractivity contribution in [3.8, 4) is 0 Å². The summed E-state index contributed by atoms with van der Waals surface area (Å²) in [6.07, 6.45) is -5.45. The Morgan fingerprint density at radius 2 is 1.70 bits per heavy atom. The van der Waals surface area contributed by atoms with Gasteiger partial charge in [-0.1, -0.05) is 13.8 Å². The SMILES string of the molecule is CCOC(=O)CN(C(=O)C(C)(C)CC(F)(F)F)C1CCCN(C(=O)OC(C)(C)C)C1. The van der Waals surface area contributed by atoms with E-state index in [0.717, 1.165) is 4.90 Å². The molecule has 1 heterocycles. The minimum atomic E-state index is -4.54. The van der Waals surface area contributed by atoms with E-state index in [0.29, 0.717) is 19.4 Å². The second-order valence-electron chi connectivity index (χ2n) is 9.14. The van der Waals surface area contributed by atoms with Crippen molar-refractivity contribution < 1.29 is 37.0 Å². The first-order valence-electron chi connectivity index (χ1n) is 10.1. The van der Waals surface area contributed by atoms with Crippen LogP contribution in [0.3, 0.4) is 0 Å². The number of carbonyl (C=O) groups is 3. The molecular formula is C20H33F3N2O5. The lowest BCUT2D eigenvalue weighted by Gasteiger charge is -2.42. The quantitative estimate of drug-likeness (QED) is 0.591. The number of rotatable bonds is 6. The third-order valence-corrected chi connectivity index (χ3v) is 4.58. The maximum atomic E-state index is 13.1. The molecule has 2 amide bonds. The van der Waals surface area contributed by atoms with Crippen LogP contribution in [0.5, 0.6) is 0 Å². The fourth-order valence-corrected chi connectivity index (χ4v) is 3.38. The van der Waals surface area contributed by atoms with Gasteiger partial charge >= 0.3 is 18.2 Å². The maximum absolute atomic E-state index is 13.1. The van der Waals surface area contributed by atoms with Crippen molar-refractivity contribution in [3.63, 3.8) is 0 Å². The summed E-state index contributed by atoms with van der Waals surface area (Å²) in [6.45, 7) is 9.27. The van der Waals surface area contributed by atoms with Gasteiger partial charge in [-0.15, -0.1) is 0 Å². The van der Waals surface area contributed by atoms with Gasteiger partial charge < -0.3 is 19.3 Å². The Labute approximate surface area is 175 Å². The molecule has 7 nitrogen and oxygen atoms in total. The molecule has 30 heavy (non-hydrogen) atoms. The van der Waals surface area contributed by atoms with Crippen molar-refractivity contribution >= 4 is 18.0 Å². The highest BCUT2D eigenvalue weighted by molar-refractivity contribution is 5.86. The number of ether oxygens (including phenoxy) is 2. The Morgan fingerprint density at radius 1 is 1.10 bits per heavy atom. The van der Waals surface area contributed by atoms with E-state index in [-0.39, 0.29) is 13.2 Å². The minimum absolute atomic E-state index is 0.0716. The summed E-state index contributed by atoms with van der Waals surface area (Å²) >= 11 is 0. The van der Waals surface area contributed by atoms with Crippen molar-refractivity contribution in [2.45, 2.75) is 78.6 Å². The monoisotopic (exact) mass is 438 g/mol. The van der Waals surface area contributed by atoms with E-state index in [4.69, 9.17) is 9.47 Å². The van der Waals surface area contributed by atoms with Crippen LogP contribution in [0.1, 0.15) is 60.8 Å². The highest BCUT2D eigenvalue weighted by Gasteiger charge is 2.45. The summed E-state index contributed by atoms with van der Waals surface area (Å²) in [5, 5.41) is 0. The fraction of sp³-hybridized carbons (Fsp3) is 0.850. The van der Waals surface area contributed by atoms with Crippen LogP contribution in [-0.2, 0) is 19.1 Å². The van der Waals surface area contributed by atoms with Crippen molar-refractivity contribution in [2.75, 3.05) is 26.2 Å². The predicted molar refractivity (Wildman–Crippen MR) is 104 cm³/mol. The molecule has 10 heteroatoms. The molecule has 0 aromatic rings. The summed E-state index contributed by atoms with van der Waals surface area (Å²) in [5.74, 6) is -1.51. The van der Waals surface area contributed by atoms with E-state index >= 15 is 0 Å². The number of hydrogen-bond acceptors (Lipinski definition) is 5. The van der Waals surface area contributed by atoms with Crippen molar-refractivity contribution in [1.82, 2.24) is 9.80 Å². The summed E-state index contributed by atoms with van der Waals surface area (Å²) in [5.41, 5.74) is -2.47. The second kappa shape index (κ2) is 9.87. The molecule has 1 saturated heterocycles. The molecule has 1 aliphatic rings. The van der Waals surface area contributed by atoms with Gasteiger partial charge in [-0.3, -0.25) is 9.59 Å². The molecule has 0 aliphatic carbocycles. The first-order valence-corrected chi connectivity index (χ1v) is 10.1. The molecule has 0 aromatic heterocycles. The predicted octanol–water partition coefficient (Wildman–Crippen LogP) is 3.76. The van der Waals surface area contributed by atoms with Gasteiger partial charge in [0, 0.05) is 13.1 Å². The molecule has 1 fully saturated rings. The van der Waals surface area contributed by atoms with Gasteiger partial charge in [0.2, 0.25) is 5.91 Å². The first kappa shape index (κ1) is 26.0. The van der Waals surface area contributed by atoms with Crippen LogP contribution in [0.2, 0.25) is 0 Å². The average molecular weight is 438 g/mol. The Hall–Kier alpha value is -2.00. The Balaban J connectivity index is 3.08. The number of halogens is 3. The number of carbonyl (C=O) groups excluding carboxylic acids is 3. The molecule has 0 saturated carbocycles. The Bertz CT molecular complexity index is 629. The van der Waals surface area contributed by atoms with Crippen molar-refractivity contribution in [1.29, 1.82) is 0 Å². The van der Waals surface area contributed by atoms with Gasteiger partial charge in [-0.2, -0.15) is 13.2 Å². The van der Waals surface area contributed by atoms with Gasteiger partial charge in [0.1, 0.15) is 12.1 Å². The topological polar surface area (TPSA) is 76.2 Å². The van der Waals surface area contributed by atoms with Gasteiger partial charge in [-0.25, -0.2) is 4.79 Å². The highest BCUT2D eigenvalue weighted by Crippen LogP contribution is 2.35. The largest absolute Gasteiger partial charge is 0.465 e. The number of piperidine rings is 1. The van der Waals surface area contributed by atoms with E-state index in [2.05, 4.69) is 0 Å². The van der Waals surface area contributed by atoms with Crippen LogP contribution in [0, 0.1) is 5.41 Å². The average Bonchev–Trinajstić information content (AvgIpc) is 2.56. The molecule has 0 radical (unpaired) electrons. The molecular weight excluding hydrogens is 405 g/mol. The number of esters is 1. The fourth-order valence-electron chi connectivity index (χ4n) is 3.38. The lowest BCUT2D eigenvalue weighted by molar-refractivity contribution is -0.173. The molecule has 1 atom stereocenters. The molecule has 0 bridgehead atoms. The second-order valence-corrected chi connectivity index (χ2v) is 9.14. The third kappa shape index (κ3) is 8.39. The summed E-state index contributed by atoms with van der Waals surface area (Å²) in [4.78, 5) is 40.1. The van der Waals surface area contributed by atoms with Crippen molar-refractivity contribution in [3.05, 3.63) is 0 Å². The van der Waals surface area contributed by atoms with E-state index < -0.39 is 54.2 Å². The van der Waals surface area contributed by atoms with Crippen LogP contribution in [-0.4, -0.2) is 71.8 Å². The molecule has 0 aromatic carbocycles. The molecule has 1 aliphatic heterocycles. The smallest absolute Gasteiger partial charge is 0.410 e. The van der Waals surface area contributed by atoms with E-state index in [1.807, 2.05) is 0 Å². The lowest BCUT2D eigenvalue weighted by atomic mass is 9.86. The van der Waals surface area contributed by atoms with Gasteiger partial charge in [0.15, 0.2) is 0 Å². The number of nitrogens with zero attached hydrogens (tertiary/aromatic N) is 2. The summed E-state index contributed by atoms with van der Waals surface area (Å²) in [6, 6.07) is -0.615. The molecule has 0 spiro atoms. The Morgan fingerprint density at radius 3 is 2.20 bits per heavy atom. The molecule has 174 valence electrons. The standard InChI is InChI=1S/C20H33F3N2O5/c1-7-29-15(26)12-25(16(27)19(5,6)13-20(21,22)23)14-9-8-10-24(11-14)17(28)30-18(2,3)4/h14H,7-13H2,1-6H3. The van der Waals surface area contributed by atoms with E-state index in [1.165, 1.54) is 18.7 Å².